The number of carboxylic acid groups (broad SMARTS) is 1. The average molecular weight is 283 g/mol. The van der Waals surface area contributed by atoms with E-state index in [-0.39, 0.29) is 27.9 Å². The smallest absolute Gasteiger partial charge is 0.339 e. The molecule has 0 spiro atoms. The average Bonchev–Trinajstić information content (AvgIpc) is 2.36. The topological polar surface area (TPSA) is 72.3 Å². The third-order valence-electron chi connectivity index (χ3n) is 2.31. The highest BCUT2D eigenvalue weighted by Gasteiger charge is 2.16. The zero-order valence-electron chi connectivity index (χ0n) is 9.72. The monoisotopic (exact) mass is 282 g/mol. The molecule has 0 aliphatic rings. The first-order chi connectivity index (χ1) is 8.99. The van der Waals surface area contributed by atoms with Crippen molar-refractivity contribution in [3.63, 3.8) is 0 Å². The molecule has 0 saturated heterocycles. The Morgan fingerprint density at radius 2 is 2.16 bits per heavy atom. The van der Waals surface area contributed by atoms with Crippen LogP contribution in [0.4, 0.5) is 4.39 Å². The van der Waals surface area contributed by atoms with Crippen LogP contribution in [-0.2, 0) is 0 Å². The van der Waals surface area contributed by atoms with Gasteiger partial charge in [-0.2, -0.15) is 9.37 Å². The van der Waals surface area contributed by atoms with Crippen molar-refractivity contribution in [2.24, 2.45) is 0 Å². The second kappa shape index (κ2) is 5.19. The van der Waals surface area contributed by atoms with Crippen LogP contribution in [0.25, 0.3) is 0 Å². The largest absolute Gasteiger partial charge is 0.478 e. The molecule has 0 aliphatic carbocycles. The lowest BCUT2D eigenvalue weighted by Crippen LogP contribution is -2.02. The summed E-state index contributed by atoms with van der Waals surface area (Å²) < 4.78 is 18.8. The fraction of sp³-hybridized carbons (Fsp3) is 0.0833. The summed E-state index contributed by atoms with van der Waals surface area (Å²) in [4.78, 5) is 18.3. The molecule has 1 aromatic carbocycles. The van der Waals surface area contributed by atoms with E-state index in [4.69, 9.17) is 21.4 Å². The molecule has 0 radical (unpaired) electrons. The molecule has 0 atom stereocenters. The molecule has 1 N–H and O–H groups in total. The molecule has 0 fully saturated rings. The molecule has 2 rings (SSSR count). The number of rotatable bonds is 3. The van der Waals surface area contributed by atoms with Gasteiger partial charge in [0.05, 0.1) is 5.69 Å². The Morgan fingerprint density at radius 1 is 1.42 bits per heavy atom. The van der Waals surface area contributed by atoms with Crippen molar-refractivity contribution in [2.45, 2.75) is 6.92 Å². The maximum atomic E-state index is 13.7. The highest BCUT2D eigenvalue weighted by molar-refractivity contribution is 6.31. The summed E-state index contributed by atoms with van der Waals surface area (Å²) in [5.74, 6) is -2.36. The van der Waals surface area contributed by atoms with E-state index in [0.29, 0.717) is 0 Å². The van der Waals surface area contributed by atoms with E-state index < -0.39 is 11.8 Å². The van der Waals surface area contributed by atoms with Gasteiger partial charge in [0.1, 0.15) is 17.6 Å². The van der Waals surface area contributed by atoms with Gasteiger partial charge in [-0.3, -0.25) is 0 Å². The molecule has 0 amide bonds. The van der Waals surface area contributed by atoms with Crippen LogP contribution in [0.3, 0.4) is 0 Å². The Morgan fingerprint density at radius 3 is 2.84 bits per heavy atom. The minimum absolute atomic E-state index is 0.0473. The summed E-state index contributed by atoms with van der Waals surface area (Å²) >= 11 is 5.70. The minimum atomic E-state index is -1.23. The predicted molar refractivity (Wildman–Crippen MR) is 65.2 cm³/mol. The van der Waals surface area contributed by atoms with Gasteiger partial charge in [-0.15, -0.1) is 0 Å². The second-order valence-electron chi connectivity index (χ2n) is 3.63. The van der Waals surface area contributed by atoms with Crippen LogP contribution < -0.4 is 4.74 Å². The normalized spacial score (nSPS) is 10.3. The Bertz CT molecular complexity index is 649. The molecule has 98 valence electrons. The van der Waals surface area contributed by atoms with E-state index in [0.717, 1.165) is 6.33 Å². The fourth-order valence-corrected chi connectivity index (χ4v) is 1.54. The minimum Gasteiger partial charge on any atom is -0.478 e. The van der Waals surface area contributed by atoms with E-state index in [1.165, 1.54) is 25.1 Å². The van der Waals surface area contributed by atoms with E-state index in [9.17, 15) is 9.18 Å². The summed E-state index contributed by atoms with van der Waals surface area (Å²) in [6, 6.07) is 3.99. The number of aromatic carboxylic acids is 1. The first-order valence-electron chi connectivity index (χ1n) is 5.17. The van der Waals surface area contributed by atoms with Gasteiger partial charge in [0, 0.05) is 5.02 Å². The molecule has 0 bridgehead atoms. The molecule has 5 nitrogen and oxygen atoms in total. The number of nitrogens with zero attached hydrogens (tertiary/aromatic N) is 2. The van der Waals surface area contributed by atoms with Gasteiger partial charge in [0.25, 0.3) is 5.88 Å². The predicted octanol–water partition coefficient (Wildman–Crippen LogP) is 3.07. The number of aromatic nitrogens is 2. The number of halogens is 2. The van der Waals surface area contributed by atoms with E-state index in [2.05, 4.69) is 9.97 Å². The van der Waals surface area contributed by atoms with Gasteiger partial charge >= 0.3 is 5.97 Å². The Hall–Kier alpha value is -2.21. The SMILES string of the molecule is Cc1ncnc(Oc2ccc(Cl)cc2C(=O)O)c1F. The van der Waals surface area contributed by atoms with Crippen LogP contribution in [-0.4, -0.2) is 21.0 Å². The number of carbonyl (C=O) groups is 1. The molecule has 0 aliphatic heterocycles. The van der Waals surface area contributed by atoms with Crippen molar-refractivity contribution in [1.29, 1.82) is 0 Å². The van der Waals surface area contributed by atoms with Gasteiger partial charge in [0.15, 0.2) is 0 Å². The van der Waals surface area contributed by atoms with Gasteiger partial charge in [0.2, 0.25) is 5.82 Å². The number of hydrogen-bond donors (Lipinski definition) is 1. The first kappa shape index (κ1) is 13.2. The number of aryl methyl sites for hydroxylation is 1. The van der Waals surface area contributed by atoms with Crippen LogP contribution >= 0.6 is 11.6 Å². The number of carboxylic acids is 1. The number of benzene rings is 1. The first-order valence-corrected chi connectivity index (χ1v) is 5.54. The van der Waals surface area contributed by atoms with Crippen LogP contribution in [0.5, 0.6) is 11.6 Å². The maximum Gasteiger partial charge on any atom is 0.339 e. The molecule has 0 unspecified atom stereocenters. The molecule has 1 aromatic heterocycles. The Balaban J connectivity index is 2.44. The standard InChI is InChI=1S/C12H8ClFN2O3/c1-6-10(14)11(16-5-15-6)19-9-3-2-7(13)4-8(9)12(17)18/h2-5H,1H3,(H,17,18). The summed E-state index contributed by atoms with van der Waals surface area (Å²) in [6.07, 6.45) is 1.13. The molecule has 2 aromatic rings. The van der Waals surface area contributed by atoms with E-state index >= 15 is 0 Å². The van der Waals surface area contributed by atoms with E-state index in [1.807, 2.05) is 0 Å². The second-order valence-corrected chi connectivity index (χ2v) is 4.06. The zero-order valence-corrected chi connectivity index (χ0v) is 10.5. The third-order valence-corrected chi connectivity index (χ3v) is 2.55. The van der Waals surface area contributed by atoms with Gasteiger partial charge < -0.3 is 9.84 Å². The lowest BCUT2D eigenvalue weighted by molar-refractivity contribution is 0.0694. The van der Waals surface area contributed by atoms with E-state index in [1.54, 1.807) is 0 Å². The zero-order chi connectivity index (χ0) is 14.0. The number of ether oxygens (including phenoxy) is 1. The lowest BCUT2D eigenvalue weighted by Gasteiger charge is -2.09. The van der Waals surface area contributed by atoms with Crippen molar-refractivity contribution < 1.29 is 19.0 Å². The Kier molecular flexibility index (Phi) is 3.62. The van der Waals surface area contributed by atoms with Crippen LogP contribution in [0.1, 0.15) is 16.1 Å². The van der Waals surface area contributed by atoms with Crippen LogP contribution in [0.15, 0.2) is 24.5 Å². The van der Waals surface area contributed by atoms with Crippen molar-refractivity contribution in [1.82, 2.24) is 9.97 Å². The highest BCUT2D eigenvalue weighted by atomic mass is 35.5. The summed E-state index contributed by atoms with van der Waals surface area (Å²) in [5, 5.41) is 9.27. The van der Waals surface area contributed by atoms with Crippen molar-refractivity contribution in [2.75, 3.05) is 0 Å². The van der Waals surface area contributed by atoms with Crippen molar-refractivity contribution in [3.8, 4) is 11.6 Å². The summed E-state index contributed by atoms with van der Waals surface area (Å²) in [7, 11) is 0. The molecule has 0 saturated carbocycles. The number of hydrogen-bond acceptors (Lipinski definition) is 4. The van der Waals surface area contributed by atoms with Crippen LogP contribution in [0, 0.1) is 12.7 Å². The third kappa shape index (κ3) is 2.79. The van der Waals surface area contributed by atoms with Gasteiger partial charge in [-0.1, -0.05) is 11.6 Å². The van der Waals surface area contributed by atoms with Crippen LogP contribution in [0.2, 0.25) is 5.02 Å². The summed E-state index contributed by atoms with van der Waals surface area (Å²) in [6.45, 7) is 1.45. The molecule has 19 heavy (non-hydrogen) atoms. The molecule has 1 heterocycles. The fourth-order valence-electron chi connectivity index (χ4n) is 1.37. The maximum absolute atomic E-state index is 13.7. The molecular formula is C12H8ClFN2O3. The van der Waals surface area contributed by atoms with Gasteiger partial charge in [-0.25, -0.2) is 9.78 Å². The van der Waals surface area contributed by atoms with Crippen molar-refractivity contribution >= 4 is 17.6 Å². The summed E-state index contributed by atoms with van der Waals surface area (Å²) in [5.41, 5.74) is -0.0704. The Labute approximate surface area is 112 Å². The van der Waals surface area contributed by atoms with Crippen molar-refractivity contribution in [3.05, 3.63) is 46.6 Å². The quantitative estimate of drug-likeness (QED) is 0.936. The molecular weight excluding hydrogens is 275 g/mol. The van der Waals surface area contributed by atoms with Gasteiger partial charge in [-0.05, 0) is 25.1 Å². The highest BCUT2D eigenvalue weighted by Crippen LogP contribution is 2.28. The molecule has 7 heteroatoms. The lowest BCUT2D eigenvalue weighted by atomic mass is 10.2.